The molecule has 0 aliphatic heterocycles. The molecular weight excluding hydrogens is 533 g/mol. The van der Waals surface area contributed by atoms with Crippen LogP contribution in [0.2, 0.25) is 0 Å². The molecule has 0 aromatic heterocycles. The van der Waals surface area contributed by atoms with Gasteiger partial charge in [0.15, 0.2) is 6.61 Å². The molecule has 2 N–H and O–H groups in total. The molecule has 0 aliphatic rings. The van der Waals surface area contributed by atoms with Gasteiger partial charge >= 0.3 is 12.1 Å². The number of carbonyl (C=O) groups excluding carboxylic acids is 2. The summed E-state index contributed by atoms with van der Waals surface area (Å²) in [5.74, 6) is -1.83. The third-order valence-corrected chi connectivity index (χ3v) is 7.10. The molecular formula is C28H29F3N2O5S. The third kappa shape index (κ3) is 8.93. The molecule has 39 heavy (non-hydrogen) atoms. The summed E-state index contributed by atoms with van der Waals surface area (Å²) in [7, 11) is -4.51. The smallest absolute Gasteiger partial charge is 0.416 e. The largest absolute Gasteiger partial charge is 0.454 e. The number of ether oxygens (including phenoxy) is 1. The summed E-state index contributed by atoms with van der Waals surface area (Å²) in [6.45, 7) is 2.78. The number of carbonyl (C=O) groups is 2. The van der Waals surface area contributed by atoms with Crippen molar-refractivity contribution >= 4 is 27.6 Å². The number of benzene rings is 3. The predicted octanol–water partition coefficient (Wildman–Crippen LogP) is 5.17. The van der Waals surface area contributed by atoms with Gasteiger partial charge in [-0.05, 0) is 54.2 Å². The summed E-state index contributed by atoms with van der Waals surface area (Å²) < 4.78 is 72.0. The van der Waals surface area contributed by atoms with Gasteiger partial charge in [0.2, 0.25) is 10.0 Å². The van der Waals surface area contributed by atoms with Crippen LogP contribution >= 0.6 is 0 Å². The minimum absolute atomic E-state index is 0.00144. The van der Waals surface area contributed by atoms with E-state index in [0.29, 0.717) is 18.2 Å². The van der Waals surface area contributed by atoms with E-state index < -0.39 is 51.2 Å². The number of amides is 1. The summed E-state index contributed by atoms with van der Waals surface area (Å²) in [5, 5.41) is 2.70. The first kappa shape index (κ1) is 29.9. The van der Waals surface area contributed by atoms with Crippen LogP contribution < -0.4 is 10.0 Å². The summed E-state index contributed by atoms with van der Waals surface area (Å²) in [4.78, 5) is 24.7. The van der Waals surface area contributed by atoms with Crippen molar-refractivity contribution in [2.45, 2.75) is 43.8 Å². The molecule has 1 amide bonds. The number of rotatable bonds is 11. The van der Waals surface area contributed by atoms with Crippen LogP contribution in [0.4, 0.5) is 18.9 Å². The van der Waals surface area contributed by atoms with Crippen LogP contribution in [-0.2, 0) is 36.9 Å². The number of hydrogen-bond donors (Lipinski definition) is 2. The van der Waals surface area contributed by atoms with Crippen molar-refractivity contribution in [2.24, 2.45) is 5.92 Å². The zero-order valence-corrected chi connectivity index (χ0v) is 22.2. The van der Waals surface area contributed by atoms with Crippen molar-refractivity contribution in [1.82, 2.24) is 4.72 Å². The molecule has 3 aromatic carbocycles. The lowest BCUT2D eigenvalue weighted by Gasteiger charge is -2.20. The zero-order valence-electron chi connectivity index (χ0n) is 21.4. The van der Waals surface area contributed by atoms with Gasteiger partial charge in [-0.1, -0.05) is 68.4 Å². The highest BCUT2D eigenvalue weighted by atomic mass is 32.2. The maximum Gasteiger partial charge on any atom is 0.416 e. The lowest BCUT2D eigenvalue weighted by Crippen LogP contribution is -2.43. The molecule has 0 heterocycles. The van der Waals surface area contributed by atoms with E-state index in [1.165, 1.54) is 0 Å². The van der Waals surface area contributed by atoms with Gasteiger partial charge in [-0.2, -0.15) is 17.9 Å². The first-order chi connectivity index (χ1) is 18.3. The lowest BCUT2D eigenvalue weighted by atomic mass is 10.0. The van der Waals surface area contributed by atoms with E-state index in [1.807, 2.05) is 42.5 Å². The Hall–Kier alpha value is -3.70. The van der Waals surface area contributed by atoms with Gasteiger partial charge < -0.3 is 10.1 Å². The molecule has 0 aliphatic carbocycles. The molecule has 3 aromatic rings. The van der Waals surface area contributed by atoms with Crippen LogP contribution in [0, 0.1) is 5.92 Å². The van der Waals surface area contributed by atoms with Gasteiger partial charge in [0.25, 0.3) is 5.91 Å². The summed E-state index contributed by atoms with van der Waals surface area (Å²) in [6.07, 6.45) is -4.18. The second kappa shape index (κ2) is 12.9. The predicted molar refractivity (Wildman–Crippen MR) is 140 cm³/mol. The van der Waals surface area contributed by atoms with E-state index in [1.54, 1.807) is 26.0 Å². The number of para-hydroxylation sites is 1. The van der Waals surface area contributed by atoms with Crippen molar-refractivity contribution in [3.05, 3.63) is 95.6 Å². The first-order valence-electron chi connectivity index (χ1n) is 12.1. The van der Waals surface area contributed by atoms with Gasteiger partial charge in [0, 0.05) is 5.69 Å². The second-order valence-corrected chi connectivity index (χ2v) is 11.0. The van der Waals surface area contributed by atoms with E-state index in [9.17, 15) is 31.2 Å². The highest BCUT2D eigenvalue weighted by Crippen LogP contribution is 2.30. The van der Waals surface area contributed by atoms with Crippen LogP contribution in [0.3, 0.4) is 0 Å². The maximum atomic E-state index is 13.1. The quantitative estimate of drug-likeness (QED) is 0.314. The molecule has 0 fully saturated rings. The highest BCUT2D eigenvalue weighted by Gasteiger charge is 2.33. The monoisotopic (exact) mass is 562 g/mol. The number of hydrogen-bond acceptors (Lipinski definition) is 5. The van der Waals surface area contributed by atoms with Gasteiger partial charge in [0.05, 0.1) is 10.5 Å². The number of esters is 1. The average molecular weight is 563 g/mol. The van der Waals surface area contributed by atoms with Gasteiger partial charge in [0.1, 0.15) is 6.04 Å². The first-order valence-corrected chi connectivity index (χ1v) is 13.6. The Kier molecular flexibility index (Phi) is 9.87. The SMILES string of the molecule is CC(C)C[C@@H](NS(=O)(=O)c1cccc(C(F)(F)F)c1)C(=O)OCC(=O)Nc1ccccc1Cc1ccccc1. The number of sulfonamides is 1. The Morgan fingerprint density at radius 1 is 0.923 bits per heavy atom. The van der Waals surface area contributed by atoms with Crippen LogP contribution in [0.25, 0.3) is 0 Å². The maximum absolute atomic E-state index is 13.1. The van der Waals surface area contributed by atoms with Crippen LogP contribution in [0.15, 0.2) is 83.8 Å². The molecule has 0 spiro atoms. The summed E-state index contributed by atoms with van der Waals surface area (Å²) in [5.41, 5.74) is 1.27. The number of anilines is 1. The zero-order chi connectivity index (χ0) is 28.6. The Bertz CT molecular complexity index is 1390. The molecule has 1 atom stereocenters. The minimum atomic E-state index is -4.74. The molecule has 0 radical (unpaired) electrons. The van der Waals surface area contributed by atoms with E-state index in [4.69, 9.17) is 4.74 Å². The van der Waals surface area contributed by atoms with E-state index >= 15 is 0 Å². The van der Waals surface area contributed by atoms with Crippen molar-refractivity contribution in [2.75, 3.05) is 11.9 Å². The fourth-order valence-electron chi connectivity index (χ4n) is 3.79. The van der Waals surface area contributed by atoms with Crippen molar-refractivity contribution in [3.63, 3.8) is 0 Å². The van der Waals surface area contributed by atoms with Gasteiger partial charge in [-0.3, -0.25) is 9.59 Å². The summed E-state index contributed by atoms with van der Waals surface area (Å²) in [6, 6.07) is 18.6. The normalized spacial score (nSPS) is 12.7. The fraction of sp³-hybridized carbons (Fsp3) is 0.286. The number of halogens is 3. The van der Waals surface area contributed by atoms with E-state index in [0.717, 1.165) is 29.3 Å². The molecule has 0 bridgehead atoms. The molecule has 0 unspecified atom stereocenters. The number of nitrogens with one attached hydrogen (secondary N) is 2. The summed E-state index contributed by atoms with van der Waals surface area (Å²) >= 11 is 0. The molecule has 3 rings (SSSR count). The lowest BCUT2D eigenvalue weighted by molar-refractivity contribution is -0.149. The van der Waals surface area contributed by atoms with E-state index in [2.05, 4.69) is 10.0 Å². The Labute approximate surface area is 225 Å². The highest BCUT2D eigenvalue weighted by molar-refractivity contribution is 7.89. The molecule has 0 saturated heterocycles. The third-order valence-electron chi connectivity index (χ3n) is 5.64. The topological polar surface area (TPSA) is 102 Å². The van der Waals surface area contributed by atoms with Crippen LogP contribution in [0.1, 0.15) is 37.0 Å². The molecule has 11 heteroatoms. The Morgan fingerprint density at radius 3 is 2.26 bits per heavy atom. The fourth-order valence-corrected chi connectivity index (χ4v) is 5.04. The van der Waals surface area contributed by atoms with Crippen LogP contribution in [-0.4, -0.2) is 32.9 Å². The number of alkyl halides is 3. The molecule has 7 nitrogen and oxygen atoms in total. The molecule has 208 valence electrons. The van der Waals surface area contributed by atoms with Crippen LogP contribution in [0.5, 0.6) is 0 Å². The van der Waals surface area contributed by atoms with Crippen molar-refractivity contribution < 1.29 is 35.9 Å². The minimum Gasteiger partial charge on any atom is -0.454 e. The Balaban J connectivity index is 1.67. The standard InChI is InChI=1S/C28H29F3N2O5S/c1-19(2)15-25(33-39(36,37)23-13-8-12-22(17-23)28(29,30)31)27(35)38-18-26(34)32-24-14-7-6-11-21(24)16-20-9-4-3-5-10-20/h3-14,17,19,25,33H,15-16,18H2,1-2H3,(H,32,34)/t25-/m1/s1. The Morgan fingerprint density at radius 2 is 1.59 bits per heavy atom. The average Bonchev–Trinajstić information content (AvgIpc) is 2.88. The van der Waals surface area contributed by atoms with Gasteiger partial charge in [-0.25, -0.2) is 8.42 Å². The van der Waals surface area contributed by atoms with Gasteiger partial charge in [-0.15, -0.1) is 0 Å². The molecule has 0 saturated carbocycles. The van der Waals surface area contributed by atoms with Crippen molar-refractivity contribution in [3.8, 4) is 0 Å². The van der Waals surface area contributed by atoms with Crippen molar-refractivity contribution in [1.29, 1.82) is 0 Å². The van der Waals surface area contributed by atoms with E-state index in [-0.39, 0.29) is 12.3 Å². The second-order valence-electron chi connectivity index (χ2n) is 9.30.